The van der Waals surface area contributed by atoms with Crippen molar-refractivity contribution in [3.05, 3.63) is 42.0 Å². The summed E-state index contributed by atoms with van der Waals surface area (Å²) in [5, 5.41) is 3.38. The van der Waals surface area contributed by atoms with Gasteiger partial charge >= 0.3 is 0 Å². The van der Waals surface area contributed by atoms with E-state index in [1.807, 2.05) is 0 Å². The Morgan fingerprint density at radius 3 is 2.75 bits per heavy atom. The Balaban J connectivity index is 2.03. The van der Waals surface area contributed by atoms with E-state index in [9.17, 15) is 4.39 Å². The lowest BCUT2D eigenvalue weighted by Crippen LogP contribution is -2.29. The molecule has 0 bridgehead atoms. The first-order chi connectivity index (χ1) is 9.74. The summed E-state index contributed by atoms with van der Waals surface area (Å²) in [5.41, 5.74) is 8.55. The van der Waals surface area contributed by atoms with Crippen LogP contribution in [-0.4, -0.2) is 23.1 Å². The molecule has 1 atom stereocenters. The average Bonchev–Trinajstić information content (AvgIpc) is 2.49. The fourth-order valence-corrected chi connectivity index (χ4v) is 2.66. The van der Waals surface area contributed by atoms with Gasteiger partial charge < -0.3 is 11.1 Å². The van der Waals surface area contributed by atoms with Gasteiger partial charge in [0.2, 0.25) is 5.95 Å². The monoisotopic (exact) mass is 272 g/mol. The summed E-state index contributed by atoms with van der Waals surface area (Å²) < 4.78 is 13.1. The lowest BCUT2D eigenvalue weighted by molar-refractivity contribution is 0.455. The van der Waals surface area contributed by atoms with Crippen molar-refractivity contribution in [3.8, 4) is 11.1 Å². The van der Waals surface area contributed by atoms with E-state index >= 15 is 0 Å². The smallest absolute Gasteiger partial charge is 0.220 e. The lowest BCUT2D eigenvalue weighted by Gasteiger charge is -2.24. The van der Waals surface area contributed by atoms with E-state index in [0.717, 1.165) is 42.8 Å². The Bertz CT molecular complexity index is 591. The van der Waals surface area contributed by atoms with Crippen molar-refractivity contribution in [3.63, 3.8) is 0 Å². The van der Waals surface area contributed by atoms with E-state index < -0.39 is 0 Å². The van der Waals surface area contributed by atoms with E-state index in [1.165, 1.54) is 12.1 Å². The maximum Gasteiger partial charge on any atom is 0.220 e. The summed E-state index contributed by atoms with van der Waals surface area (Å²) in [4.78, 5) is 8.51. The molecule has 3 rings (SSSR count). The van der Waals surface area contributed by atoms with Gasteiger partial charge in [-0.05, 0) is 37.1 Å². The number of benzene rings is 1. The fraction of sp³-hybridized carbons (Fsp3) is 0.333. The predicted octanol–water partition coefficient (Wildman–Crippen LogP) is 2.33. The van der Waals surface area contributed by atoms with Crippen LogP contribution in [0, 0.1) is 5.82 Å². The molecule has 1 aromatic carbocycles. The topological polar surface area (TPSA) is 63.8 Å². The molecular weight excluding hydrogens is 255 g/mol. The first kappa shape index (κ1) is 13.0. The van der Waals surface area contributed by atoms with E-state index in [4.69, 9.17) is 5.73 Å². The number of nitrogen functional groups attached to an aromatic ring is 1. The number of hydrogen-bond donors (Lipinski definition) is 2. The molecule has 20 heavy (non-hydrogen) atoms. The SMILES string of the molecule is Nc1ncc(-c2ccc(F)cc2)c([C@@H]2CCCNC2)n1. The lowest BCUT2D eigenvalue weighted by atomic mass is 9.91. The van der Waals surface area contributed by atoms with E-state index in [-0.39, 0.29) is 11.8 Å². The summed E-state index contributed by atoms with van der Waals surface area (Å²) in [5.74, 6) is 0.372. The number of piperidine rings is 1. The third-order valence-electron chi connectivity index (χ3n) is 3.68. The number of rotatable bonds is 2. The number of aromatic nitrogens is 2. The quantitative estimate of drug-likeness (QED) is 0.880. The first-order valence-corrected chi connectivity index (χ1v) is 6.83. The van der Waals surface area contributed by atoms with Crippen LogP contribution in [0.1, 0.15) is 24.5 Å². The third kappa shape index (κ3) is 2.63. The molecule has 1 fully saturated rings. The van der Waals surface area contributed by atoms with Crippen LogP contribution in [0.5, 0.6) is 0 Å². The van der Waals surface area contributed by atoms with Crippen molar-refractivity contribution < 1.29 is 4.39 Å². The summed E-state index contributed by atoms with van der Waals surface area (Å²) in [6, 6.07) is 6.41. The minimum Gasteiger partial charge on any atom is -0.368 e. The molecule has 0 amide bonds. The van der Waals surface area contributed by atoms with Crippen LogP contribution in [0.3, 0.4) is 0 Å². The minimum absolute atomic E-state index is 0.244. The predicted molar refractivity (Wildman–Crippen MR) is 76.7 cm³/mol. The molecule has 5 heteroatoms. The van der Waals surface area contributed by atoms with Crippen LogP contribution in [0.4, 0.5) is 10.3 Å². The van der Waals surface area contributed by atoms with Gasteiger partial charge in [0.15, 0.2) is 0 Å². The Hall–Kier alpha value is -2.01. The highest BCUT2D eigenvalue weighted by Crippen LogP contribution is 2.31. The first-order valence-electron chi connectivity index (χ1n) is 6.83. The van der Waals surface area contributed by atoms with Gasteiger partial charge in [-0.1, -0.05) is 12.1 Å². The molecule has 2 aromatic rings. The minimum atomic E-state index is -0.244. The molecule has 1 aliphatic heterocycles. The van der Waals surface area contributed by atoms with Crippen molar-refractivity contribution in [2.75, 3.05) is 18.8 Å². The highest BCUT2D eigenvalue weighted by molar-refractivity contribution is 5.66. The summed E-state index contributed by atoms with van der Waals surface area (Å²) in [6.07, 6.45) is 3.94. The third-order valence-corrected chi connectivity index (χ3v) is 3.68. The zero-order chi connectivity index (χ0) is 13.9. The van der Waals surface area contributed by atoms with Crippen LogP contribution >= 0.6 is 0 Å². The van der Waals surface area contributed by atoms with Crippen LogP contribution in [0.2, 0.25) is 0 Å². The van der Waals surface area contributed by atoms with Crippen LogP contribution in [0.15, 0.2) is 30.5 Å². The van der Waals surface area contributed by atoms with Crippen molar-refractivity contribution in [1.82, 2.24) is 15.3 Å². The average molecular weight is 272 g/mol. The van der Waals surface area contributed by atoms with Crippen molar-refractivity contribution in [1.29, 1.82) is 0 Å². The van der Waals surface area contributed by atoms with E-state index in [1.54, 1.807) is 18.3 Å². The number of nitrogens with one attached hydrogen (secondary N) is 1. The van der Waals surface area contributed by atoms with Crippen molar-refractivity contribution >= 4 is 5.95 Å². The maximum absolute atomic E-state index is 13.1. The molecule has 0 aliphatic carbocycles. The molecule has 0 saturated carbocycles. The van der Waals surface area contributed by atoms with Crippen LogP contribution in [-0.2, 0) is 0 Å². The van der Waals surface area contributed by atoms with Gasteiger partial charge in [-0.15, -0.1) is 0 Å². The highest BCUT2D eigenvalue weighted by atomic mass is 19.1. The highest BCUT2D eigenvalue weighted by Gasteiger charge is 2.21. The molecule has 3 N–H and O–H groups in total. The van der Waals surface area contributed by atoms with Crippen LogP contribution in [0.25, 0.3) is 11.1 Å². The number of anilines is 1. The van der Waals surface area contributed by atoms with Gasteiger partial charge in [0, 0.05) is 24.2 Å². The summed E-state index contributed by atoms with van der Waals surface area (Å²) in [7, 11) is 0. The second-order valence-electron chi connectivity index (χ2n) is 5.08. The van der Waals surface area contributed by atoms with Gasteiger partial charge in [0.1, 0.15) is 5.82 Å². The number of halogens is 1. The van der Waals surface area contributed by atoms with Crippen molar-refractivity contribution in [2.24, 2.45) is 0 Å². The Morgan fingerprint density at radius 1 is 1.25 bits per heavy atom. The van der Waals surface area contributed by atoms with Gasteiger partial charge in [0.25, 0.3) is 0 Å². The second kappa shape index (κ2) is 5.54. The standard InChI is InChI=1S/C15H17FN4/c16-12-5-3-10(4-6-12)13-9-19-15(17)20-14(13)11-2-1-7-18-8-11/h3-6,9,11,18H,1-2,7-8H2,(H2,17,19,20)/t11-/m1/s1. The Labute approximate surface area is 117 Å². The molecule has 0 radical (unpaired) electrons. The van der Waals surface area contributed by atoms with E-state index in [2.05, 4.69) is 15.3 Å². The molecule has 0 spiro atoms. The summed E-state index contributed by atoms with van der Waals surface area (Å²) in [6.45, 7) is 1.94. The Morgan fingerprint density at radius 2 is 2.05 bits per heavy atom. The van der Waals surface area contributed by atoms with Crippen LogP contribution < -0.4 is 11.1 Å². The molecule has 1 saturated heterocycles. The zero-order valence-corrected chi connectivity index (χ0v) is 11.1. The largest absolute Gasteiger partial charge is 0.368 e. The summed E-state index contributed by atoms with van der Waals surface area (Å²) >= 11 is 0. The van der Waals surface area contributed by atoms with Gasteiger partial charge in [-0.3, -0.25) is 0 Å². The fourth-order valence-electron chi connectivity index (χ4n) is 2.66. The molecular formula is C15H17FN4. The normalized spacial score (nSPS) is 18.9. The molecule has 1 aliphatic rings. The zero-order valence-electron chi connectivity index (χ0n) is 11.1. The van der Waals surface area contributed by atoms with E-state index in [0.29, 0.717) is 5.92 Å². The van der Waals surface area contributed by atoms with Gasteiger partial charge in [0.05, 0.1) is 5.69 Å². The van der Waals surface area contributed by atoms with Crippen molar-refractivity contribution in [2.45, 2.75) is 18.8 Å². The molecule has 1 aromatic heterocycles. The molecule has 104 valence electrons. The Kier molecular flexibility index (Phi) is 3.60. The number of nitrogens with zero attached hydrogens (tertiary/aromatic N) is 2. The maximum atomic E-state index is 13.1. The molecule has 0 unspecified atom stereocenters. The van der Waals surface area contributed by atoms with Gasteiger partial charge in [-0.25, -0.2) is 14.4 Å². The molecule has 4 nitrogen and oxygen atoms in total. The van der Waals surface area contributed by atoms with Gasteiger partial charge in [-0.2, -0.15) is 0 Å². The second-order valence-corrected chi connectivity index (χ2v) is 5.08. The number of nitrogens with two attached hydrogens (primary N) is 1. The number of hydrogen-bond acceptors (Lipinski definition) is 4. The molecule has 2 heterocycles.